The van der Waals surface area contributed by atoms with E-state index in [1.54, 1.807) is 13.1 Å². The third-order valence-corrected chi connectivity index (χ3v) is 5.97. The Morgan fingerprint density at radius 3 is 2.58 bits per heavy atom. The van der Waals surface area contributed by atoms with Gasteiger partial charge in [0.1, 0.15) is 11.9 Å². The SMILES string of the molecule is CN(C)CCNc1ccc(-c2ccc(F)nc2)c(N2CCC(C(=N)N(C)C=N)CC2)c1C#N. The predicted molar refractivity (Wildman–Crippen MR) is 131 cm³/mol. The molecule has 0 atom stereocenters. The highest BCUT2D eigenvalue weighted by Gasteiger charge is 2.28. The van der Waals surface area contributed by atoms with Gasteiger partial charge in [0.25, 0.3) is 0 Å². The lowest BCUT2D eigenvalue weighted by atomic mass is 9.92. The molecule has 1 aliphatic heterocycles. The molecule has 1 aromatic heterocycles. The number of piperidine rings is 1. The number of nitrogens with zero attached hydrogens (tertiary/aromatic N) is 5. The molecule has 33 heavy (non-hydrogen) atoms. The second-order valence-corrected chi connectivity index (χ2v) is 8.48. The van der Waals surface area contributed by atoms with E-state index in [-0.39, 0.29) is 5.92 Å². The van der Waals surface area contributed by atoms with E-state index in [0.29, 0.717) is 31.0 Å². The summed E-state index contributed by atoms with van der Waals surface area (Å²) in [6.45, 7) is 2.89. The summed E-state index contributed by atoms with van der Waals surface area (Å²) in [5, 5.41) is 29.2. The van der Waals surface area contributed by atoms with Gasteiger partial charge in [-0.2, -0.15) is 9.65 Å². The van der Waals surface area contributed by atoms with E-state index < -0.39 is 5.95 Å². The number of pyridine rings is 1. The number of halogens is 1. The number of amidine groups is 1. The molecule has 0 aliphatic carbocycles. The number of nitriles is 1. The Hall–Kier alpha value is -3.51. The third kappa shape index (κ3) is 5.65. The summed E-state index contributed by atoms with van der Waals surface area (Å²) in [6.07, 6.45) is 4.16. The van der Waals surface area contributed by atoms with Crippen molar-refractivity contribution >= 4 is 23.5 Å². The molecule has 2 aromatic rings. The van der Waals surface area contributed by atoms with E-state index in [2.05, 4.69) is 26.2 Å². The van der Waals surface area contributed by atoms with Gasteiger partial charge in [0.15, 0.2) is 0 Å². The van der Waals surface area contributed by atoms with E-state index >= 15 is 0 Å². The predicted octanol–water partition coefficient (Wildman–Crippen LogP) is 3.47. The van der Waals surface area contributed by atoms with Gasteiger partial charge in [0, 0.05) is 56.5 Å². The quantitative estimate of drug-likeness (QED) is 0.323. The van der Waals surface area contributed by atoms with Crippen molar-refractivity contribution in [3.05, 3.63) is 42.0 Å². The molecule has 2 heterocycles. The van der Waals surface area contributed by atoms with Crippen molar-refractivity contribution in [2.75, 3.05) is 57.5 Å². The van der Waals surface area contributed by atoms with Gasteiger partial charge in [-0.3, -0.25) is 10.8 Å². The molecule has 8 nitrogen and oxygen atoms in total. The summed E-state index contributed by atoms with van der Waals surface area (Å²) in [6, 6.07) is 9.26. The van der Waals surface area contributed by atoms with Crippen LogP contribution in [0, 0.1) is 34.0 Å². The van der Waals surface area contributed by atoms with E-state index in [0.717, 1.165) is 48.2 Å². The van der Waals surface area contributed by atoms with Crippen molar-refractivity contribution in [3.63, 3.8) is 0 Å². The van der Waals surface area contributed by atoms with Gasteiger partial charge < -0.3 is 20.0 Å². The summed E-state index contributed by atoms with van der Waals surface area (Å²) in [5.41, 5.74) is 3.72. The summed E-state index contributed by atoms with van der Waals surface area (Å²) in [4.78, 5) is 9.60. The lowest BCUT2D eigenvalue weighted by Gasteiger charge is -2.37. The minimum Gasteiger partial charge on any atom is -0.383 e. The average molecular weight is 451 g/mol. The van der Waals surface area contributed by atoms with Gasteiger partial charge in [0.05, 0.1) is 23.3 Å². The molecule has 3 N–H and O–H groups in total. The fourth-order valence-electron chi connectivity index (χ4n) is 4.10. The first-order valence-corrected chi connectivity index (χ1v) is 11.0. The van der Waals surface area contributed by atoms with Crippen LogP contribution in [-0.4, -0.2) is 74.3 Å². The monoisotopic (exact) mass is 450 g/mol. The maximum Gasteiger partial charge on any atom is 0.212 e. The molecule has 1 saturated heterocycles. The van der Waals surface area contributed by atoms with Crippen molar-refractivity contribution in [1.29, 1.82) is 16.1 Å². The molecule has 3 rings (SSSR count). The van der Waals surface area contributed by atoms with Gasteiger partial charge in [-0.1, -0.05) is 6.07 Å². The normalized spacial score (nSPS) is 14.1. The standard InChI is InChI=1S/C24H31FN8/c1-31(2)13-10-29-21-6-5-19(18-4-7-22(25)30-15-18)23(20(21)14-26)33-11-8-17(9-12-33)24(28)32(3)16-27/h4-7,15-17,27-29H,8-13H2,1-3H3. The second kappa shape index (κ2) is 10.9. The number of likely N-dealkylation sites (N-methyl/N-ethyl adjacent to an activating group) is 1. The van der Waals surface area contributed by atoms with Gasteiger partial charge in [-0.15, -0.1) is 0 Å². The van der Waals surface area contributed by atoms with Gasteiger partial charge in [-0.25, -0.2) is 4.98 Å². The molecule has 0 spiro atoms. The molecule has 1 fully saturated rings. The molecule has 1 aliphatic rings. The highest BCUT2D eigenvalue weighted by atomic mass is 19.1. The minimum absolute atomic E-state index is 0.0655. The van der Waals surface area contributed by atoms with Crippen LogP contribution in [0.3, 0.4) is 0 Å². The Labute approximate surface area is 194 Å². The van der Waals surface area contributed by atoms with E-state index in [1.165, 1.54) is 17.2 Å². The number of hydrogen-bond donors (Lipinski definition) is 3. The van der Waals surface area contributed by atoms with Crippen LogP contribution in [0.15, 0.2) is 30.5 Å². The molecule has 9 heteroatoms. The Morgan fingerprint density at radius 2 is 2.00 bits per heavy atom. The molecule has 0 saturated carbocycles. The van der Waals surface area contributed by atoms with Crippen LogP contribution in [0.4, 0.5) is 15.8 Å². The van der Waals surface area contributed by atoms with Crippen LogP contribution in [0.1, 0.15) is 18.4 Å². The minimum atomic E-state index is -0.544. The van der Waals surface area contributed by atoms with Crippen molar-refractivity contribution in [1.82, 2.24) is 14.8 Å². The van der Waals surface area contributed by atoms with E-state index in [9.17, 15) is 9.65 Å². The van der Waals surface area contributed by atoms with E-state index in [1.807, 2.05) is 26.2 Å². The van der Waals surface area contributed by atoms with Gasteiger partial charge in [-0.05, 0) is 45.1 Å². The Bertz CT molecular complexity index is 1020. The zero-order valence-corrected chi connectivity index (χ0v) is 19.4. The molecule has 0 unspecified atom stereocenters. The number of aromatic nitrogens is 1. The molecular formula is C24H31FN8. The number of hydrogen-bond acceptors (Lipinski definition) is 7. The number of benzene rings is 1. The van der Waals surface area contributed by atoms with Crippen LogP contribution in [0.2, 0.25) is 0 Å². The largest absolute Gasteiger partial charge is 0.383 e. The molecule has 0 bridgehead atoms. The van der Waals surface area contributed by atoms with Crippen LogP contribution < -0.4 is 10.2 Å². The topological polar surface area (TPSA) is 106 Å². The molecule has 0 amide bonds. The molecule has 174 valence electrons. The number of anilines is 2. The molecular weight excluding hydrogens is 419 g/mol. The second-order valence-electron chi connectivity index (χ2n) is 8.48. The van der Waals surface area contributed by atoms with Crippen molar-refractivity contribution in [2.45, 2.75) is 12.8 Å². The lowest BCUT2D eigenvalue weighted by molar-refractivity contribution is 0.425. The first kappa shape index (κ1) is 24.1. The Kier molecular flexibility index (Phi) is 7.96. The zero-order valence-electron chi connectivity index (χ0n) is 19.4. The van der Waals surface area contributed by atoms with Crippen LogP contribution in [0.25, 0.3) is 11.1 Å². The van der Waals surface area contributed by atoms with Crippen LogP contribution >= 0.6 is 0 Å². The Balaban J connectivity index is 1.96. The van der Waals surface area contributed by atoms with Crippen molar-refractivity contribution in [2.24, 2.45) is 5.92 Å². The summed E-state index contributed by atoms with van der Waals surface area (Å²) < 4.78 is 13.5. The summed E-state index contributed by atoms with van der Waals surface area (Å²) in [5.74, 6) is -0.0413. The highest BCUT2D eigenvalue weighted by molar-refractivity contribution is 5.91. The summed E-state index contributed by atoms with van der Waals surface area (Å²) >= 11 is 0. The molecule has 1 aromatic carbocycles. The number of nitrogens with one attached hydrogen (secondary N) is 3. The van der Waals surface area contributed by atoms with Crippen LogP contribution in [0.5, 0.6) is 0 Å². The fraction of sp³-hybridized carbons (Fsp3) is 0.417. The fourth-order valence-corrected chi connectivity index (χ4v) is 4.10. The van der Waals surface area contributed by atoms with Crippen molar-refractivity contribution in [3.8, 4) is 17.2 Å². The Morgan fingerprint density at radius 1 is 1.27 bits per heavy atom. The zero-order chi connectivity index (χ0) is 24.0. The van der Waals surface area contributed by atoms with Gasteiger partial charge >= 0.3 is 0 Å². The lowest BCUT2D eigenvalue weighted by Crippen LogP contribution is -2.41. The first-order valence-electron chi connectivity index (χ1n) is 11.0. The maximum atomic E-state index is 13.5. The van der Waals surface area contributed by atoms with E-state index in [4.69, 9.17) is 10.8 Å². The average Bonchev–Trinajstić information content (AvgIpc) is 2.83. The summed E-state index contributed by atoms with van der Waals surface area (Å²) in [7, 11) is 5.72. The third-order valence-electron chi connectivity index (χ3n) is 5.97. The first-order chi connectivity index (χ1) is 15.8. The molecule has 0 radical (unpaired) electrons. The van der Waals surface area contributed by atoms with Gasteiger partial charge in [0.2, 0.25) is 5.95 Å². The smallest absolute Gasteiger partial charge is 0.212 e. The van der Waals surface area contributed by atoms with Crippen molar-refractivity contribution < 1.29 is 4.39 Å². The van der Waals surface area contributed by atoms with Crippen LogP contribution in [-0.2, 0) is 0 Å². The highest BCUT2D eigenvalue weighted by Crippen LogP contribution is 2.39. The maximum absolute atomic E-state index is 13.5. The number of rotatable bonds is 8.